The minimum atomic E-state index is -0.772. The number of nitrogens with one attached hydrogen (secondary N) is 1. The number of esters is 1. The topological polar surface area (TPSA) is 81.3 Å². The first kappa shape index (κ1) is 18.1. The molecule has 26 heavy (non-hydrogen) atoms. The van der Waals surface area contributed by atoms with Gasteiger partial charge in [-0.1, -0.05) is 12.1 Å². The molecule has 0 fully saturated rings. The molecule has 3 rings (SSSR count). The lowest BCUT2D eigenvalue weighted by Gasteiger charge is -2.13. The van der Waals surface area contributed by atoms with Crippen molar-refractivity contribution in [3.63, 3.8) is 0 Å². The summed E-state index contributed by atoms with van der Waals surface area (Å²) in [7, 11) is 0. The van der Waals surface area contributed by atoms with Gasteiger partial charge < -0.3 is 14.5 Å². The molecule has 136 valence electrons. The van der Waals surface area contributed by atoms with E-state index in [1.807, 2.05) is 13.8 Å². The lowest BCUT2D eigenvalue weighted by Crippen LogP contribution is -2.20. The second-order valence-corrected chi connectivity index (χ2v) is 6.97. The predicted molar refractivity (Wildman–Crippen MR) is 96.1 cm³/mol. The van der Waals surface area contributed by atoms with Crippen LogP contribution in [-0.2, 0) is 9.53 Å². The minimum Gasteiger partial charge on any atom is -0.479 e. The standard InChI is InChI=1S/C18H17FN2O4S/c1-9-11(3)26-18-15(9)17(23)20-16(21-18)10(2)25-14(22)8-24-13-7-5-4-6-12(13)19/h4-7,10H,8H2,1-3H3,(H,20,21,23)/t10-/m0/s1. The minimum absolute atomic E-state index is 0.0328. The van der Waals surface area contributed by atoms with Crippen molar-refractivity contribution in [1.29, 1.82) is 0 Å². The monoisotopic (exact) mass is 376 g/mol. The van der Waals surface area contributed by atoms with Crippen molar-refractivity contribution in [2.75, 3.05) is 6.61 Å². The van der Waals surface area contributed by atoms with E-state index in [4.69, 9.17) is 9.47 Å². The molecule has 0 unspecified atom stereocenters. The van der Waals surface area contributed by atoms with E-state index in [-0.39, 0.29) is 17.1 Å². The van der Waals surface area contributed by atoms with Gasteiger partial charge in [0.25, 0.3) is 5.56 Å². The first-order chi connectivity index (χ1) is 12.4. The number of hydrogen-bond donors (Lipinski definition) is 1. The maximum atomic E-state index is 13.5. The quantitative estimate of drug-likeness (QED) is 0.690. The molecule has 6 nitrogen and oxygen atoms in total. The average Bonchev–Trinajstić information content (AvgIpc) is 2.88. The highest BCUT2D eigenvalue weighted by molar-refractivity contribution is 7.18. The van der Waals surface area contributed by atoms with Crippen LogP contribution in [0.15, 0.2) is 29.1 Å². The fourth-order valence-corrected chi connectivity index (χ4v) is 3.49. The van der Waals surface area contributed by atoms with Crippen LogP contribution >= 0.6 is 11.3 Å². The second kappa shape index (κ2) is 7.25. The molecule has 0 bridgehead atoms. The van der Waals surface area contributed by atoms with Gasteiger partial charge in [0.1, 0.15) is 4.83 Å². The van der Waals surface area contributed by atoms with Crippen molar-refractivity contribution in [2.24, 2.45) is 0 Å². The van der Waals surface area contributed by atoms with Crippen molar-refractivity contribution in [1.82, 2.24) is 9.97 Å². The number of para-hydroxylation sites is 1. The normalized spacial score (nSPS) is 12.2. The van der Waals surface area contributed by atoms with E-state index in [1.54, 1.807) is 13.0 Å². The number of fused-ring (bicyclic) bond motifs is 1. The molecular formula is C18H17FN2O4S. The Kier molecular flexibility index (Phi) is 5.03. The number of halogens is 1. The summed E-state index contributed by atoms with van der Waals surface area (Å²) in [5, 5.41) is 0.553. The number of rotatable bonds is 5. The third-order valence-corrected chi connectivity index (χ3v) is 5.03. The number of thiophene rings is 1. The maximum Gasteiger partial charge on any atom is 0.344 e. The highest BCUT2D eigenvalue weighted by atomic mass is 32.1. The van der Waals surface area contributed by atoms with Gasteiger partial charge in [0.15, 0.2) is 30.1 Å². The van der Waals surface area contributed by atoms with Crippen molar-refractivity contribution in [3.05, 3.63) is 56.7 Å². The molecule has 0 saturated carbocycles. The summed E-state index contributed by atoms with van der Waals surface area (Å²) in [6, 6.07) is 5.77. The summed E-state index contributed by atoms with van der Waals surface area (Å²) in [6.07, 6.45) is -0.772. The number of carbonyl (C=O) groups is 1. The Morgan fingerprint density at radius 1 is 1.35 bits per heavy atom. The average molecular weight is 376 g/mol. The van der Waals surface area contributed by atoms with Gasteiger partial charge in [-0.3, -0.25) is 4.79 Å². The predicted octanol–water partition coefficient (Wildman–Crippen LogP) is 3.42. The number of carbonyl (C=O) groups excluding carboxylic acids is 1. The molecule has 0 amide bonds. The first-order valence-corrected chi connectivity index (χ1v) is 8.75. The Hall–Kier alpha value is -2.74. The van der Waals surface area contributed by atoms with E-state index >= 15 is 0 Å². The van der Waals surface area contributed by atoms with Crippen molar-refractivity contribution < 1.29 is 18.7 Å². The number of aromatic nitrogens is 2. The molecule has 1 N–H and O–H groups in total. The van der Waals surface area contributed by atoms with E-state index in [2.05, 4.69) is 9.97 Å². The summed E-state index contributed by atoms with van der Waals surface area (Å²) in [4.78, 5) is 32.9. The second-order valence-electron chi connectivity index (χ2n) is 5.77. The number of nitrogens with zero attached hydrogens (tertiary/aromatic N) is 1. The molecule has 0 saturated heterocycles. The van der Waals surface area contributed by atoms with Crippen LogP contribution in [-0.4, -0.2) is 22.5 Å². The van der Waals surface area contributed by atoms with Crippen molar-refractivity contribution in [2.45, 2.75) is 26.9 Å². The van der Waals surface area contributed by atoms with Crippen LogP contribution < -0.4 is 10.3 Å². The third kappa shape index (κ3) is 3.60. The van der Waals surface area contributed by atoms with E-state index in [0.29, 0.717) is 10.2 Å². The Labute approximate surface area is 152 Å². The molecule has 0 spiro atoms. The Bertz CT molecular complexity index is 1030. The zero-order chi connectivity index (χ0) is 18.8. The molecule has 0 radical (unpaired) electrons. The van der Waals surface area contributed by atoms with Gasteiger partial charge in [-0.15, -0.1) is 11.3 Å². The smallest absolute Gasteiger partial charge is 0.344 e. The zero-order valence-corrected chi connectivity index (χ0v) is 15.3. The van der Waals surface area contributed by atoms with Gasteiger partial charge in [0.2, 0.25) is 0 Å². The largest absolute Gasteiger partial charge is 0.479 e. The maximum absolute atomic E-state index is 13.5. The summed E-state index contributed by atoms with van der Waals surface area (Å²) in [5.74, 6) is -1.03. The van der Waals surface area contributed by atoms with E-state index in [0.717, 1.165) is 10.4 Å². The van der Waals surface area contributed by atoms with Crippen LogP contribution in [0.25, 0.3) is 10.2 Å². The number of aromatic amines is 1. The number of aryl methyl sites for hydroxylation is 2. The SMILES string of the molecule is Cc1sc2nc([C@H](C)OC(=O)COc3ccccc3F)[nH]c(=O)c2c1C. The highest BCUT2D eigenvalue weighted by Crippen LogP contribution is 2.27. The molecule has 1 aromatic carbocycles. The molecule has 1 atom stereocenters. The van der Waals surface area contributed by atoms with Crippen molar-refractivity contribution >= 4 is 27.5 Å². The molecule has 3 aromatic rings. The van der Waals surface area contributed by atoms with Crippen LogP contribution in [0.4, 0.5) is 4.39 Å². The molecule has 2 aromatic heterocycles. The molecule has 0 aliphatic rings. The lowest BCUT2D eigenvalue weighted by molar-refractivity contribution is -0.151. The van der Waals surface area contributed by atoms with E-state index in [1.165, 1.54) is 29.5 Å². The fraction of sp³-hybridized carbons (Fsp3) is 0.278. The van der Waals surface area contributed by atoms with Gasteiger partial charge >= 0.3 is 5.97 Å². The molecule has 0 aliphatic carbocycles. The molecule has 0 aliphatic heterocycles. The summed E-state index contributed by atoms with van der Waals surface area (Å²) in [6.45, 7) is 4.94. The summed E-state index contributed by atoms with van der Waals surface area (Å²) < 4.78 is 23.8. The molecule has 8 heteroatoms. The molecule has 2 heterocycles. The van der Waals surface area contributed by atoms with E-state index in [9.17, 15) is 14.0 Å². The Balaban J connectivity index is 1.70. The zero-order valence-electron chi connectivity index (χ0n) is 14.5. The van der Waals surface area contributed by atoms with Gasteiger partial charge in [-0.25, -0.2) is 14.2 Å². The van der Waals surface area contributed by atoms with Gasteiger partial charge in [-0.05, 0) is 38.5 Å². The summed E-state index contributed by atoms with van der Waals surface area (Å²) in [5.41, 5.74) is 0.630. The number of H-pyrrole nitrogens is 1. The van der Waals surface area contributed by atoms with Crippen LogP contribution in [0.3, 0.4) is 0 Å². The highest BCUT2D eigenvalue weighted by Gasteiger charge is 2.18. The van der Waals surface area contributed by atoms with Gasteiger partial charge in [0.05, 0.1) is 5.39 Å². The van der Waals surface area contributed by atoms with Gasteiger partial charge in [-0.2, -0.15) is 0 Å². The van der Waals surface area contributed by atoms with Crippen LogP contribution in [0, 0.1) is 19.7 Å². The first-order valence-electron chi connectivity index (χ1n) is 7.93. The summed E-state index contributed by atoms with van der Waals surface area (Å²) >= 11 is 1.41. The van der Waals surface area contributed by atoms with Crippen LogP contribution in [0.1, 0.15) is 29.3 Å². The lowest BCUT2D eigenvalue weighted by atomic mass is 10.2. The van der Waals surface area contributed by atoms with Crippen LogP contribution in [0.5, 0.6) is 5.75 Å². The number of hydrogen-bond acceptors (Lipinski definition) is 6. The van der Waals surface area contributed by atoms with Crippen LogP contribution in [0.2, 0.25) is 0 Å². The number of benzene rings is 1. The Morgan fingerprint density at radius 2 is 2.08 bits per heavy atom. The third-order valence-electron chi connectivity index (χ3n) is 3.93. The number of ether oxygens (including phenoxy) is 2. The van der Waals surface area contributed by atoms with Crippen molar-refractivity contribution in [3.8, 4) is 5.75 Å². The fourth-order valence-electron chi connectivity index (χ4n) is 2.45. The van der Waals surface area contributed by atoms with Gasteiger partial charge in [0, 0.05) is 4.88 Å². The Morgan fingerprint density at radius 3 is 2.81 bits per heavy atom. The molecular weight excluding hydrogens is 359 g/mol. The van der Waals surface area contributed by atoms with E-state index < -0.39 is 24.5 Å².